The number of aromatic nitrogens is 1. The second-order valence-corrected chi connectivity index (χ2v) is 3.96. The van der Waals surface area contributed by atoms with Crippen LogP contribution >= 0.6 is 0 Å². The molecule has 4 N–H and O–H groups in total. The highest BCUT2D eigenvalue weighted by Crippen LogP contribution is 2.10. The van der Waals surface area contributed by atoms with Crippen molar-refractivity contribution < 1.29 is 5.11 Å². The lowest BCUT2D eigenvalue weighted by Crippen LogP contribution is -2.22. The number of nitrogen functional groups attached to an aromatic ring is 1. The van der Waals surface area contributed by atoms with Crippen molar-refractivity contribution in [1.82, 2.24) is 4.98 Å². The van der Waals surface area contributed by atoms with Crippen LogP contribution in [0, 0.1) is 0 Å². The van der Waals surface area contributed by atoms with Crippen LogP contribution in [0.25, 0.3) is 0 Å². The van der Waals surface area contributed by atoms with Crippen molar-refractivity contribution in [3.8, 4) is 0 Å². The Morgan fingerprint density at radius 1 is 1.57 bits per heavy atom. The van der Waals surface area contributed by atoms with Gasteiger partial charge in [-0.15, -0.1) is 0 Å². The van der Waals surface area contributed by atoms with Gasteiger partial charge in [-0.1, -0.05) is 0 Å². The maximum absolute atomic E-state index is 9.47. The van der Waals surface area contributed by atoms with Crippen LogP contribution in [0.1, 0.15) is 20.3 Å². The summed E-state index contributed by atoms with van der Waals surface area (Å²) in [5.74, 6) is 0.745. The van der Waals surface area contributed by atoms with Crippen molar-refractivity contribution in [3.63, 3.8) is 0 Å². The molecule has 78 valence electrons. The largest absolute Gasteiger partial charge is 0.399 e. The Bertz CT molecular complexity index is 294. The summed E-state index contributed by atoms with van der Waals surface area (Å²) in [7, 11) is 0. The van der Waals surface area contributed by atoms with E-state index in [1.165, 1.54) is 0 Å². The zero-order valence-electron chi connectivity index (χ0n) is 8.62. The molecule has 0 amide bonds. The lowest BCUT2D eigenvalue weighted by Gasteiger charge is -2.17. The van der Waals surface area contributed by atoms with Gasteiger partial charge in [-0.05, 0) is 26.3 Å². The molecule has 0 fully saturated rings. The Morgan fingerprint density at radius 3 is 2.86 bits per heavy atom. The van der Waals surface area contributed by atoms with E-state index in [0.717, 1.165) is 5.82 Å². The summed E-state index contributed by atoms with van der Waals surface area (Å²) in [6.45, 7) is 4.24. The quantitative estimate of drug-likeness (QED) is 0.676. The van der Waals surface area contributed by atoms with Crippen LogP contribution in [-0.2, 0) is 0 Å². The molecule has 14 heavy (non-hydrogen) atoms. The molecule has 0 unspecified atom stereocenters. The van der Waals surface area contributed by atoms with E-state index in [0.29, 0.717) is 18.7 Å². The predicted molar refractivity (Wildman–Crippen MR) is 58.1 cm³/mol. The first-order valence-electron chi connectivity index (χ1n) is 4.65. The molecular formula is C10H17N3O. The average molecular weight is 195 g/mol. The van der Waals surface area contributed by atoms with Gasteiger partial charge in [0.1, 0.15) is 5.82 Å². The van der Waals surface area contributed by atoms with E-state index < -0.39 is 5.60 Å². The van der Waals surface area contributed by atoms with E-state index >= 15 is 0 Å². The van der Waals surface area contributed by atoms with Crippen LogP contribution in [0.2, 0.25) is 0 Å². The molecule has 1 aromatic rings. The van der Waals surface area contributed by atoms with E-state index in [9.17, 15) is 5.11 Å². The molecule has 0 bridgehead atoms. The highest BCUT2D eigenvalue weighted by atomic mass is 16.3. The minimum atomic E-state index is -0.646. The minimum Gasteiger partial charge on any atom is -0.399 e. The molecule has 0 spiro atoms. The fraction of sp³-hybridized carbons (Fsp3) is 0.500. The summed E-state index contributed by atoms with van der Waals surface area (Å²) in [6.07, 6.45) is 2.32. The Kier molecular flexibility index (Phi) is 3.30. The number of aliphatic hydroxyl groups is 1. The second kappa shape index (κ2) is 4.28. The fourth-order valence-corrected chi connectivity index (χ4v) is 1.04. The standard InChI is InChI=1S/C10H17N3O/c1-10(2,14)4-6-13-9-7-8(11)3-5-12-9/h3,5,7,14H,4,6H2,1-2H3,(H3,11,12,13). The van der Waals surface area contributed by atoms with Gasteiger partial charge in [0.2, 0.25) is 0 Å². The summed E-state index contributed by atoms with van der Waals surface area (Å²) >= 11 is 0. The van der Waals surface area contributed by atoms with E-state index in [2.05, 4.69) is 10.3 Å². The number of nitrogens with one attached hydrogen (secondary N) is 1. The Morgan fingerprint density at radius 2 is 2.29 bits per heavy atom. The Balaban J connectivity index is 2.39. The molecule has 0 aliphatic heterocycles. The lowest BCUT2D eigenvalue weighted by atomic mass is 10.1. The van der Waals surface area contributed by atoms with Crippen LogP contribution in [0.3, 0.4) is 0 Å². The first kappa shape index (κ1) is 10.8. The van der Waals surface area contributed by atoms with E-state index in [1.54, 1.807) is 32.2 Å². The molecule has 1 rings (SSSR count). The number of nitrogens with two attached hydrogens (primary N) is 1. The van der Waals surface area contributed by atoms with E-state index in [4.69, 9.17) is 5.73 Å². The number of anilines is 2. The maximum Gasteiger partial charge on any atom is 0.127 e. The lowest BCUT2D eigenvalue weighted by molar-refractivity contribution is 0.0748. The number of nitrogens with zero attached hydrogens (tertiary/aromatic N) is 1. The highest BCUT2D eigenvalue weighted by molar-refractivity contribution is 5.48. The number of hydrogen-bond donors (Lipinski definition) is 3. The third-order valence-electron chi connectivity index (χ3n) is 1.83. The van der Waals surface area contributed by atoms with Crippen molar-refractivity contribution in [2.45, 2.75) is 25.9 Å². The van der Waals surface area contributed by atoms with Crippen LogP contribution in [0.5, 0.6) is 0 Å². The number of hydrogen-bond acceptors (Lipinski definition) is 4. The molecule has 0 saturated heterocycles. The zero-order chi connectivity index (χ0) is 10.6. The molecule has 0 saturated carbocycles. The molecule has 0 aliphatic carbocycles. The fourth-order valence-electron chi connectivity index (χ4n) is 1.04. The van der Waals surface area contributed by atoms with Gasteiger partial charge in [-0.25, -0.2) is 4.98 Å². The summed E-state index contributed by atoms with van der Waals surface area (Å²) in [5, 5.41) is 12.6. The minimum absolute atomic E-state index is 0.646. The smallest absolute Gasteiger partial charge is 0.127 e. The van der Waals surface area contributed by atoms with Gasteiger partial charge < -0.3 is 16.2 Å². The normalized spacial score (nSPS) is 11.4. The first-order valence-corrected chi connectivity index (χ1v) is 4.65. The third-order valence-corrected chi connectivity index (χ3v) is 1.83. The zero-order valence-corrected chi connectivity index (χ0v) is 8.62. The van der Waals surface area contributed by atoms with Crippen molar-refractivity contribution in [1.29, 1.82) is 0 Å². The van der Waals surface area contributed by atoms with Crippen molar-refractivity contribution in [2.75, 3.05) is 17.6 Å². The molecule has 4 nitrogen and oxygen atoms in total. The second-order valence-electron chi connectivity index (χ2n) is 3.96. The SMILES string of the molecule is CC(C)(O)CCNc1cc(N)ccn1. The summed E-state index contributed by atoms with van der Waals surface area (Å²) < 4.78 is 0. The Hall–Kier alpha value is -1.29. The molecule has 4 heteroatoms. The van der Waals surface area contributed by atoms with Gasteiger partial charge in [0.05, 0.1) is 5.60 Å². The summed E-state index contributed by atoms with van der Waals surface area (Å²) in [5.41, 5.74) is 5.63. The van der Waals surface area contributed by atoms with Crippen LogP contribution in [0.15, 0.2) is 18.3 Å². The van der Waals surface area contributed by atoms with Gasteiger partial charge in [0.25, 0.3) is 0 Å². The topological polar surface area (TPSA) is 71.2 Å². The van der Waals surface area contributed by atoms with Gasteiger partial charge in [0, 0.05) is 24.5 Å². The number of pyridine rings is 1. The van der Waals surface area contributed by atoms with Crippen molar-refractivity contribution >= 4 is 11.5 Å². The monoisotopic (exact) mass is 195 g/mol. The van der Waals surface area contributed by atoms with Gasteiger partial charge in [0.15, 0.2) is 0 Å². The number of rotatable bonds is 4. The molecule has 0 atom stereocenters. The van der Waals surface area contributed by atoms with Crippen LogP contribution < -0.4 is 11.1 Å². The highest BCUT2D eigenvalue weighted by Gasteiger charge is 2.11. The Labute approximate surface area is 84.2 Å². The molecule has 0 aromatic carbocycles. The van der Waals surface area contributed by atoms with Crippen LogP contribution in [0.4, 0.5) is 11.5 Å². The average Bonchev–Trinajstić information content (AvgIpc) is 2.01. The predicted octanol–water partition coefficient (Wildman–Crippen LogP) is 1.24. The van der Waals surface area contributed by atoms with Crippen molar-refractivity contribution in [3.05, 3.63) is 18.3 Å². The van der Waals surface area contributed by atoms with Gasteiger partial charge in [-0.2, -0.15) is 0 Å². The summed E-state index contributed by atoms with van der Waals surface area (Å²) in [4.78, 5) is 4.09. The van der Waals surface area contributed by atoms with Crippen molar-refractivity contribution in [2.24, 2.45) is 0 Å². The van der Waals surface area contributed by atoms with Crippen LogP contribution in [-0.4, -0.2) is 22.2 Å². The molecule has 1 heterocycles. The third kappa shape index (κ3) is 4.09. The molecular weight excluding hydrogens is 178 g/mol. The molecule has 0 radical (unpaired) electrons. The van der Waals surface area contributed by atoms with Gasteiger partial charge >= 0.3 is 0 Å². The first-order chi connectivity index (χ1) is 6.47. The maximum atomic E-state index is 9.47. The molecule has 0 aliphatic rings. The van der Waals surface area contributed by atoms with E-state index in [1.807, 2.05) is 0 Å². The molecule has 1 aromatic heterocycles. The summed E-state index contributed by atoms with van der Waals surface area (Å²) in [6, 6.07) is 3.51. The van der Waals surface area contributed by atoms with E-state index in [-0.39, 0.29) is 0 Å². The van der Waals surface area contributed by atoms with Gasteiger partial charge in [-0.3, -0.25) is 0 Å².